The summed E-state index contributed by atoms with van der Waals surface area (Å²) >= 11 is 5.92. The number of fused-ring (bicyclic) bond motifs is 3. The second-order valence-corrected chi connectivity index (χ2v) is 10.1. The van der Waals surface area contributed by atoms with Crippen LogP contribution < -0.4 is 15.4 Å². The van der Waals surface area contributed by atoms with Gasteiger partial charge in [0.2, 0.25) is 11.8 Å². The topological polar surface area (TPSA) is 106 Å². The van der Waals surface area contributed by atoms with E-state index in [1.807, 2.05) is 30.3 Å². The second-order valence-electron chi connectivity index (χ2n) is 9.64. The van der Waals surface area contributed by atoms with Crippen molar-refractivity contribution in [1.82, 2.24) is 5.32 Å². The number of hydrogen-bond acceptors (Lipinski definition) is 6. The monoisotopic (exact) mass is 514 g/mol. The van der Waals surface area contributed by atoms with Gasteiger partial charge in [-0.15, -0.1) is 0 Å². The highest BCUT2D eigenvalue weighted by Crippen LogP contribution is 2.47. The first-order valence-corrected chi connectivity index (χ1v) is 12.8. The minimum absolute atomic E-state index is 0.00385. The van der Waals surface area contributed by atoms with E-state index in [0.29, 0.717) is 31.2 Å². The molecule has 0 saturated carbocycles. The zero-order valence-corrected chi connectivity index (χ0v) is 20.7. The Kier molecular flexibility index (Phi) is 7.76. The van der Waals surface area contributed by atoms with Crippen molar-refractivity contribution in [2.45, 2.75) is 56.5 Å². The van der Waals surface area contributed by atoms with Gasteiger partial charge >= 0.3 is 0 Å². The summed E-state index contributed by atoms with van der Waals surface area (Å²) < 4.78 is 17.5. The third-order valence-corrected chi connectivity index (χ3v) is 7.43. The number of benzene rings is 2. The highest BCUT2D eigenvalue weighted by molar-refractivity contribution is 6.30. The van der Waals surface area contributed by atoms with E-state index in [4.69, 9.17) is 25.8 Å². The molecule has 2 fully saturated rings. The Labute approximate surface area is 215 Å². The lowest BCUT2D eigenvalue weighted by molar-refractivity contribution is -0.142. The fourth-order valence-corrected chi connectivity index (χ4v) is 5.38. The predicted molar refractivity (Wildman–Crippen MR) is 134 cm³/mol. The van der Waals surface area contributed by atoms with Crippen LogP contribution in [0.15, 0.2) is 42.5 Å². The molecule has 3 heterocycles. The van der Waals surface area contributed by atoms with Gasteiger partial charge in [-0.05, 0) is 55.2 Å². The summed E-state index contributed by atoms with van der Waals surface area (Å²) in [5.74, 6) is 0.517. The molecule has 5 rings (SSSR count). The van der Waals surface area contributed by atoms with Crippen LogP contribution in [-0.4, -0.2) is 55.1 Å². The minimum atomic E-state index is -0.537. The maximum atomic E-state index is 12.7. The van der Waals surface area contributed by atoms with Crippen LogP contribution in [0.2, 0.25) is 5.02 Å². The first-order chi connectivity index (χ1) is 17.5. The maximum Gasteiger partial charge on any atom is 0.227 e. The lowest BCUT2D eigenvalue weighted by atomic mass is 9.84. The standard InChI is InChI=1S/C27H31ClN2O6/c28-18-3-1-16(2-4-18)14-29-25(32)13-20-12-22-21-11-19(30-27(33)17-7-9-34-10-8-17)5-6-23(21)36-26(22)24(15-31)35-20/h1-6,11,17,20,22,24,26,31H,7-10,12-15H2,(H,29,32)(H,30,33)/t20-,22+,24-,26-/m1/s1. The largest absolute Gasteiger partial charge is 0.487 e. The van der Waals surface area contributed by atoms with E-state index in [2.05, 4.69) is 10.6 Å². The Hall–Kier alpha value is -2.65. The maximum absolute atomic E-state index is 12.7. The molecule has 2 amide bonds. The quantitative estimate of drug-likeness (QED) is 0.523. The number of aliphatic hydroxyl groups excluding tert-OH is 1. The van der Waals surface area contributed by atoms with E-state index >= 15 is 0 Å². The van der Waals surface area contributed by atoms with Crippen LogP contribution >= 0.6 is 11.6 Å². The van der Waals surface area contributed by atoms with Gasteiger partial charge in [0.05, 0.1) is 19.1 Å². The minimum Gasteiger partial charge on any atom is -0.487 e. The third kappa shape index (κ3) is 5.67. The van der Waals surface area contributed by atoms with Gasteiger partial charge in [-0.1, -0.05) is 23.7 Å². The molecule has 3 aliphatic heterocycles. The first kappa shape index (κ1) is 25.0. The average Bonchev–Trinajstić information content (AvgIpc) is 3.26. The van der Waals surface area contributed by atoms with Gasteiger partial charge in [-0.2, -0.15) is 0 Å². The normalized spacial score (nSPS) is 25.4. The van der Waals surface area contributed by atoms with Crippen LogP contribution in [0.3, 0.4) is 0 Å². The summed E-state index contributed by atoms with van der Waals surface area (Å²) in [6.45, 7) is 1.42. The number of carbonyl (C=O) groups is 2. The van der Waals surface area contributed by atoms with Gasteiger partial charge in [0.25, 0.3) is 0 Å². The molecule has 2 aromatic rings. The van der Waals surface area contributed by atoms with Gasteiger partial charge in [0.1, 0.15) is 18.0 Å². The fourth-order valence-electron chi connectivity index (χ4n) is 5.25. The molecular formula is C27H31ClN2O6. The summed E-state index contributed by atoms with van der Waals surface area (Å²) in [6, 6.07) is 13.0. The molecule has 3 aliphatic rings. The number of carbonyl (C=O) groups excluding carboxylic acids is 2. The highest BCUT2D eigenvalue weighted by atomic mass is 35.5. The molecule has 0 spiro atoms. The number of amides is 2. The van der Waals surface area contributed by atoms with Crippen molar-refractivity contribution in [3.05, 3.63) is 58.6 Å². The lowest BCUT2D eigenvalue weighted by Gasteiger charge is -2.37. The Balaban J connectivity index is 1.23. The molecule has 0 aliphatic carbocycles. The Bertz CT molecular complexity index is 1090. The second kappa shape index (κ2) is 11.2. The van der Waals surface area contributed by atoms with Crippen molar-refractivity contribution in [3.63, 3.8) is 0 Å². The van der Waals surface area contributed by atoms with Crippen LogP contribution in [0.1, 0.15) is 42.7 Å². The molecule has 0 aromatic heterocycles. The third-order valence-electron chi connectivity index (χ3n) is 7.17. The number of nitrogens with one attached hydrogen (secondary N) is 2. The Morgan fingerprint density at radius 2 is 1.86 bits per heavy atom. The van der Waals surface area contributed by atoms with Crippen molar-refractivity contribution < 1.29 is 28.9 Å². The summed E-state index contributed by atoms with van der Waals surface area (Å²) in [5.41, 5.74) is 2.65. The fraction of sp³-hybridized carbons (Fsp3) is 0.481. The van der Waals surface area contributed by atoms with Crippen LogP contribution in [0.4, 0.5) is 5.69 Å². The summed E-state index contributed by atoms with van der Waals surface area (Å²) in [7, 11) is 0. The SMILES string of the molecule is O=C(C[C@H]1C[C@H]2c3cc(NC(=O)C4CCOCC4)ccc3O[C@H]2[C@@H](CO)O1)NCc1ccc(Cl)cc1. The molecule has 0 unspecified atom stereocenters. The van der Waals surface area contributed by atoms with Gasteiger partial charge in [-0.3, -0.25) is 9.59 Å². The molecule has 3 N–H and O–H groups in total. The van der Waals surface area contributed by atoms with E-state index in [0.717, 1.165) is 35.4 Å². The number of hydrogen-bond donors (Lipinski definition) is 3. The molecule has 8 nitrogen and oxygen atoms in total. The van der Waals surface area contributed by atoms with Crippen molar-refractivity contribution in [1.29, 1.82) is 0 Å². The first-order valence-electron chi connectivity index (χ1n) is 12.5. The van der Waals surface area contributed by atoms with Gasteiger partial charge in [-0.25, -0.2) is 0 Å². The molecule has 2 saturated heterocycles. The van der Waals surface area contributed by atoms with E-state index in [9.17, 15) is 14.7 Å². The number of aliphatic hydroxyl groups is 1. The van der Waals surface area contributed by atoms with E-state index in [-0.39, 0.29) is 48.9 Å². The smallest absolute Gasteiger partial charge is 0.227 e. The van der Waals surface area contributed by atoms with Gasteiger partial charge in [0.15, 0.2) is 0 Å². The van der Waals surface area contributed by atoms with E-state index in [1.165, 1.54) is 0 Å². The molecular weight excluding hydrogens is 484 g/mol. The van der Waals surface area contributed by atoms with Crippen molar-refractivity contribution in [2.24, 2.45) is 5.92 Å². The predicted octanol–water partition coefficient (Wildman–Crippen LogP) is 3.41. The Morgan fingerprint density at radius 1 is 1.08 bits per heavy atom. The summed E-state index contributed by atoms with van der Waals surface area (Å²) in [6.07, 6.45) is 0.987. The molecule has 0 radical (unpaired) electrons. The molecule has 4 atom stereocenters. The van der Waals surface area contributed by atoms with Crippen molar-refractivity contribution in [2.75, 3.05) is 25.1 Å². The van der Waals surface area contributed by atoms with Gasteiger partial charge < -0.3 is 30.0 Å². The van der Waals surface area contributed by atoms with Gasteiger partial charge in [0, 0.05) is 47.9 Å². The van der Waals surface area contributed by atoms with E-state index in [1.54, 1.807) is 12.1 Å². The molecule has 192 valence electrons. The van der Waals surface area contributed by atoms with Crippen LogP contribution in [-0.2, 0) is 25.6 Å². The number of ether oxygens (including phenoxy) is 3. The van der Waals surface area contributed by atoms with Crippen LogP contribution in [0, 0.1) is 5.92 Å². The summed E-state index contributed by atoms with van der Waals surface area (Å²) in [5, 5.41) is 16.6. The number of anilines is 1. The zero-order valence-electron chi connectivity index (χ0n) is 20.0. The summed E-state index contributed by atoms with van der Waals surface area (Å²) in [4.78, 5) is 25.3. The molecule has 36 heavy (non-hydrogen) atoms. The number of rotatable bonds is 7. The van der Waals surface area contributed by atoms with Crippen molar-refractivity contribution >= 4 is 29.1 Å². The highest BCUT2D eigenvalue weighted by Gasteiger charge is 2.46. The average molecular weight is 515 g/mol. The Morgan fingerprint density at radius 3 is 2.61 bits per heavy atom. The molecule has 2 aromatic carbocycles. The zero-order chi connectivity index (χ0) is 25.1. The van der Waals surface area contributed by atoms with Crippen LogP contribution in [0.5, 0.6) is 5.75 Å². The van der Waals surface area contributed by atoms with Crippen LogP contribution in [0.25, 0.3) is 0 Å². The lowest BCUT2D eigenvalue weighted by Crippen LogP contribution is -2.47. The molecule has 9 heteroatoms. The van der Waals surface area contributed by atoms with E-state index < -0.39 is 6.10 Å². The molecule has 0 bridgehead atoms. The van der Waals surface area contributed by atoms with Crippen molar-refractivity contribution in [3.8, 4) is 5.75 Å². The number of halogens is 1.